The molecule has 2 atom stereocenters. The van der Waals surface area contributed by atoms with Crippen LogP contribution in [0.25, 0.3) is 0 Å². The summed E-state index contributed by atoms with van der Waals surface area (Å²) < 4.78 is 38.3. The fourth-order valence-electron chi connectivity index (χ4n) is 3.83. The van der Waals surface area contributed by atoms with Crippen molar-refractivity contribution in [3.05, 3.63) is 35.4 Å². The predicted octanol–water partition coefficient (Wildman–Crippen LogP) is 4.31. The molecule has 2 unspecified atom stereocenters. The van der Waals surface area contributed by atoms with Gasteiger partial charge in [0.1, 0.15) is 0 Å². The van der Waals surface area contributed by atoms with Gasteiger partial charge in [-0.3, -0.25) is 4.99 Å². The van der Waals surface area contributed by atoms with Gasteiger partial charge in [0.25, 0.3) is 0 Å². The number of piperidine rings is 1. The summed E-state index contributed by atoms with van der Waals surface area (Å²) in [6, 6.07) is 4.07. The summed E-state index contributed by atoms with van der Waals surface area (Å²) in [5.74, 6) is -0.747. The zero-order valence-corrected chi connectivity index (χ0v) is 20.2. The first-order chi connectivity index (χ1) is 14.1. The third-order valence-electron chi connectivity index (χ3n) is 5.65. The topological polar surface area (TPSA) is 46.1 Å². The molecule has 2 aliphatic rings. The van der Waals surface area contributed by atoms with Crippen LogP contribution in [0, 0.1) is 11.6 Å². The van der Waals surface area contributed by atoms with Crippen LogP contribution in [0.2, 0.25) is 0 Å². The molecular formula is C22H34F2IN3O2. The maximum atomic E-state index is 13.5. The second kappa shape index (κ2) is 12.8. The normalized spacial score (nSPS) is 21.4. The highest BCUT2D eigenvalue weighted by atomic mass is 127. The molecule has 0 spiro atoms. The summed E-state index contributed by atoms with van der Waals surface area (Å²) in [6.07, 6.45) is 4.72. The van der Waals surface area contributed by atoms with Crippen molar-refractivity contribution in [2.75, 3.05) is 39.4 Å². The van der Waals surface area contributed by atoms with Crippen LogP contribution in [-0.4, -0.2) is 62.5 Å². The van der Waals surface area contributed by atoms with Crippen LogP contribution in [0.1, 0.15) is 51.0 Å². The van der Waals surface area contributed by atoms with Crippen molar-refractivity contribution in [2.45, 2.75) is 57.7 Å². The Morgan fingerprint density at radius 2 is 2.03 bits per heavy atom. The van der Waals surface area contributed by atoms with Crippen molar-refractivity contribution in [3.8, 4) is 0 Å². The van der Waals surface area contributed by atoms with Gasteiger partial charge in [-0.25, -0.2) is 8.78 Å². The van der Waals surface area contributed by atoms with Crippen LogP contribution < -0.4 is 5.32 Å². The molecule has 30 heavy (non-hydrogen) atoms. The largest absolute Gasteiger partial charge is 0.376 e. The molecule has 170 valence electrons. The van der Waals surface area contributed by atoms with Gasteiger partial charge in [0, 0.05) is 38.7 Å². The van der Waals surface area contributed by atoms with E-state index < -0.39 is 11.6 Å². The van der Waals surface area contributed by atoms with Crippen molar-refractivity contribution >= 4 is 29.9 Å². The number of guanidine groups is 1. The lowest BCUT2D eigenvalue weighted by atomic mass is 10.0. The van der Waals surface area contributed by atoms with Gasteiger partial charge in [0.05, 0.1) is 18.8 Å². The standard InChI is InChI=1S/C22H33F2N3O2.HI/c1-3-25-22(26-14-16(2)17-6-7-20(23)21(24)13-17)27-10-8-18(9-11-27)29-15-19-5-4-12-28-19;/h6-7,13,16,18-19H,3-5,8-12,14-15H2,1-2H3,(H,25,26);1H. The molecule has 0 amide bonds. The summed E-state index contributed by atoms with van der Waals surface area (Å²) in [5, 5.41) is 3.35. The molecule has 8 heteroatoms. The highest BCUT2D eigenvalue weighted by Gasteiger charge is 2.24. The molecule has 2 saturated heterocycles. The third-order valence-corrected chi connectivity index (χ3v) is 5.65. The highest BCUT2D eigenvalue weighted by molar-refractivity contribution is 14.0. The van der Waals surface area contributed by atoms with Crippen LogP contribution in [-0.2, 0) is 9.47 Å². The van der Waals surface area contributed by atoms with Gasteiger partial charge in [-0.2, -0.15) is 0 Å². The van der Waals surface area contributed by atoms with Gasteiger partial charge in [-0.15, -0.1) is 24.0 Å². The second-order valence-electron chi connectivity index (χ2n) is 7.92. The molecule has 2 aliphatic heterocycles. The van der Waals surface area contributed by atoms with Crippen molar-refractivity contribution in [3.63, 3.8) is 0 Å². The lowest BCUT2D eigenvalue weighted by molar-refractivity contribution is -0.0367. The van der Waals surface area contributed by atoms with Crippen molar-refractivity contribution in [1.29, 1.82) is 0 Å². The number of nitrogens with zero attached hydrogens (tertiary/aromatic N) is 2. The van der Waals surface area contributed by atoms with E-state index in [1.54, 1.807) is 6.07 Å². The summed E-state index contributed by atoms with van der Waals surface area (Å²) >= 11 is 0. The van der Waals surface area contributed by atoms with Crippen LogP contribution in [0.3, 0.4) is 0 Å². The molecule has 1 aromatic rings. The average Bonchev–Trinajstić information content (AvgIpc) is 3.25. The number of nitrogens with one attached hydrogen (secondary N) is 1. The summed E-state index contributed by atoms with van der Waals surface area (Å²) in [4.78, 5) is 7.01. The minimum absolute atomic E-state index is 0. The molecule has 5 nitrogen and oxygen atoms in total. The number of aliphatic imine (C=N–C) groups is 1. The Morgan fingerprint density at radius 3 is 2.67 bits per heavy atom. The smallest absolute Gasteiger partial charge is 0.193 e. The fraction of sp³-hybridized carbons (Fsp3) is 0.682. The van der Waals surface area contributed by atoms with Gasteiger partial charge in [-0.1, -0.05) is 13.0 Å². The number of rotatable bonds is 7. The molecule has 1 N–H and O–H groups in total. The zero-order chi connectivity index (χ0) is 20.6. The minimum Gasteiger partial charge on any atom is -0.376 e. The molecule has 2 fully saturated rings. The van der Waals surface area contributed by atoms with Crippen LogP contribution in [0.5, 0.6) is 0 Å². The molecule has 0 radical (unpaired) electrons. The van der Waals surface area contributed by atoms with E-state index in [1.165, 1.54) is 12.1 Å². The Labute approximate surface area is 195 Å². The molecule has 0 bridgehead atoms. The van der Waals surface area contributed by atoms with Crippen molar-refractivity contribution in [1.82, 2.24) is 10.2 Å². The van der Waals surface area contributed by atoms with E-state index in [0.29, 0.717) is 13.2 Å². The van der Waals surface area contributed by atoms with Crippen LogP contribution >= 0.6 is 24.0 Å². The van der Waals surface area contributed by atoms with E-state index >= 15 is 0 Å². The predicted molar refractivity (Wildman–Crippen MR) is 126 cm³/mol. The number of likely N-dealkylation sites (tertiary alicyclic amines) is 1. The number of hydrogen-bond donors (Lipinski definition) is 1. The number of benzene rings is 1. The van der Waals surface area contributed by atoms with E-state index in [9.17, 15) is 8.78 Å². The molecule has 0 aromatic heterocycles. The maximum absolute atomic E-state index is 13.5. The van der Waals surface area contributed by atoms with Gasteiger partial charge in [0.15, 0.2) is 17.6 Å². The van der Waals surface area contributed by atoms with E-state index in [4.69, 9.17) is 14.5 Å². The summed E-state index contributed by atoms with van der Waals surface area (Å²) in [7, 11) is 0. The molecule has 0 saturated carbocycles. The second-order valence-corrected chi connectivity index (χ2v) is 7.92. The highest BCUT2D eigenvalue weighted by Crippen LogP contribution is 2.20. The third kappa shape index (κ3) is 7.30. The first-order valence-corrected chi connectivity index (χ1v) is 10.8. The van der Waals surface area contributed by atoms with Gasteiger partial charge < -0.3 is 19.7 Å². The van der Waals surface area contributed by atoms with Crippen molar-refractivity contribution < 1.29 is 18.3 Å². The minimum atomic E-state index is -0.817. The van der Waals surface area contributed by atoms with Gasteiger partial charge in [0.2, 0.25) is 0 Å². The van der Waals surface area contributed by atoms with Crippen molar-refractivity contribution in [2.24, 2.45) is 4.99 Å². The number of halogens is 3. The molecule has 1 aromatic carbocycles. The van der Waals surface area contributed by atoms with E-state index in [2.05, 4.69) is 10.2 Å². The van der Waals surface area contributed by atoms with E-state index in [-0.39, 0.29) is 42.1 Å². The lowest BCUT2D eigenvalue weighted by Crippen LogP contribution is -2.47. The number of hydrogen-bond acceptors (Lipinski definition) is 3. The van der Waals surface area contributed by atoms with Crippen LogP contribution in [0.4, 0.5) is 8.78 Å². The molecule has 2 heterocycles. The first-order valence-electron chi connectivity index (χ1n) is 10.8. The van der Waals surface area contributed by atoms with Gasteiger partial charge >= 0.3 is 0 Å². The quantitative estimate of drug-likeness (QED) is 0.320. The zero-order valence-electron chi connectivity index (χ0n) is 17.9. The Balaban J connectivity index is 0.00000320. The Bertz CT molecular complexity index is 678. The Morgan fingerprint density at radius 1 is 1.27 bits per heavy atom. The number of ether oxygens (including phenoxy) is 2. The van der Waals surface area contributed by atoms with Gasteiger partial charge in [-0.05, 0) is 50.3 Å². The Hall–Kier alpha value is -1.00. The lowest BCUT2D eigenvalue weighted by Gasteiger charge is -2.34. The van der Waals surface area contributed by atoms with E-state index in [0.717, 1.165) is 63.4 Å². The average molecular weight is 537 g/mol. The van der Waals surface area contributed by atoms with E-state index in [1.807, 2.05) is 13.8 Å². The molecule has 0 aliphatic carbocycles. The maximum Gasteiger partial charge on any atom is 0.193 e. The molecular weight excluding hydrogens is 503 g/mol. The summed E-state index contributed by atoms with van der Waals surface area (Å²) in [6.45, 7) is 8.67. The summed E-state index contributed by atoms with van der Waals surface area (Å²) in [5.41, 5.74) is 0.754. The Kier molecular flexibility index (Phi) is 10.7. The monoisotopic (exact) mass is 537 g/mol. The first kappa shape index (κ1) is 25.3. The van der Waals surface area contributed by atoms with Crippen LogP contribution in [0.15, 0.2) is 23.2 Å². The SMILES string of the molecule is CCNC(=NCC(C)c1ccc(F)c(F)c1)N1CCC(OCC2CCCO2)CC1.I. The fourth-order valence-corrected chi connectivity index (χ4v) is 3.83. The molecule has 3 rings (SSSR count).